The highest BCUT2D eigenvalue weighted by atomic mass is 15.0. The second kappa shape index (κ2) is 14.4. The topological polar surface area (TPSA) is 43.6 Å². The van der Waals surface area contributed by atoms with Crippen molar-refractivity contribution in [2.45, 2.75) is 105 Å². The Morgan fingerprint density at radius 2 is 0.797 bits per heavy atom. The van der Waals surface area contributed by atoms with Gasteiger partial charge in [0.1, 0.15) is 6.33 Å². The lowest BCUT2D eigenvalue weighted by atomic mass is 9.78. The van der Waals surface area contributed by atoms with Crippen LogP contribution in [0.4, 0.5) is 0 Å². The number of para-hydroxylation sites is 1. The molecule has 0 spiro atoms. The van der Waals surface area contributed by atoms with Gasteiger partial charge in [0.15, 0.2) is 11.6 Å². The quantitative estimate of drug-likeness (QED) is 0.175. The van der Waals surface area contributed by atoms with Gasteiger partial charge in [-0.05, 0) is 103 Å². The summed E-state index contributed by atoms with van der Waals surface area (Å²) in [4.78, 5) is 14.3. The lowest BCUT2D eigenvalue weighted by molar-refractivity contribution is 0.568. The van der Waals surface area contributed by atoms with Gasteiger partial charge in [-0.1, -0.05) is 174 Å². The van der Waals surface area contributed by atoms with E-state index in [0.29, 0.717) is 11.6 Å². The van der Waals surface area contributed by atoms with Crippen LogP contribution in [-0.2, 0) is 21.7 Å². The van der Waals surface area contributed by atoms with E-state index in [1.807, 2.05) is 30.3 Å². The van der Waals surface area contributed by atoms with Gasteiger partial charge in [0.2, 0.25) is 0 Å². The fourth-order valence-electron chi connectivity index (χ4n) is 7.97. The maximum absolute atomic E-state index is 5.03. The standard InChI is InChI=1S/C55H58N4/c1-52(2,3)40-26-38(27-41(32-40)53(4,5)6)36-22-24-48-45(30-36)46-31-37(39-28-42(54(7,8)9)33-43(29-39)55(10,11)12)23-25-49(46)59(48)47-21-17-16-20-44(47)51-57-34-56-50(58-51)35-18-14-13-15-19-35/h13-34H,1-12H3. The number of rotatable bonds is 5. The number of fused-ring (bicyclic) bond motifs is 3. The highest BCUT2D eigenvalue weighted by Crippen LogP contribution is 2.42. The molecule has 4 nitrogen and oxygen atoms in total. The van der Waals surface area contributed by atoms with Gasteiger partial charge >= 0.3 is 0 Å². The van der Waals surface area contributed by atoms with E-state index in [1.165, 1.54) is 55.3 Å². The van der Waals surface area contributed by atoms with Crippen molar-refractivity contribution in [3.8, 4) is 50.7 Å². The molecule has 0 amide bonds. The van der Waals surface area contributed by atoms with Gasteiger partial charge in [-0.2, -0.15) is 0 Å². The monoisotopic (exact) mass is 774 g/mol. The van der Waals surface area contributed by atoms with Gasteiger partial charge in [-0.25, -0.2) is 15.0 Å². The molecule has 8 aromatic rings. The summed E-state index contributed by atoms with van der Waals surface area (Å²) in [6.07, 6.45) is 1.63. The third kappa shape index (κ3) is 7.86. The van der Waals surface area contributed by atoms with Crippen molar-refractivity contribution in [3.05, 3.63) is 156 Å². The smallest absolute Gasteiger partial charge is 0.165 e. The molecule has 6 aromatic carbocycles. The summed E-state index contributed by atoms with van der Waals surface area (Å²) in [5.74, 6) is 1.29. The second-order valence-electron chi connectivity index (χ2n) is 20.4. The molecule has 0 fully saturated rings. The van der Waals surface area contributed by atoms with E-state index in [-0.39, 0.29) is 21.7 Å². The second-order valence-corrected chi connectivity index (χ2v) is 20.4. The number of aromatic nitrogens is 4. The Morgan fingerprint density at radius 3 is 1.25 bits per heavy atom. The number of hydrogen-bond acceptors (Lipinski definition) is 3. The molecule has 0 saturated heterocycles. The Hall–Kier alpha value is -5.87. The van der Waals surface area contributed by atoms with E-state index in [4.69, 9.17) is 9.97 Å². The lowest BCUT2D eigenvalue weighted by Crippen LogP contribution is -2.16. The maximum Gasteiger partial charge on any atom is 0.165 e. The Labute approximate surface area is 351 Å². The van der Waals surface area contributed by atoms with Gasteiger partial charge in [0.25, 0.3) is 0 Å². The minimum absolute atomic E-state index is 0.0116. The molecule has 8 rings (SSSR count). The summed E-state index contributed by atoms with van der Waals surface area (Å²) in [5, 5.41) is 2.41. The molecule has 59 heavy (non-hydrogen) atoms. The molecule has 0 N–H and O–H groups in total. The van der Waals surface area contributed by atoms with E-state index in [1.54, 1.807) is 6.33 Å². The van der Waals surface area contributed by atoms with Crippen LogP contribution in [0.25, 0.3) is 72.5 Å². The summed E-state index contributed by atoms with van der Waals surface area (Å²) in [7, 11) is 0. The zero-order valence-corrected chi connectivity index (χ0v) is 37.0. The normalized spacial score (nSPS) is 12.7. The SMILES string of the molecule is CC(C)(C)c1cc(-c2ccc3c(c2)c2cc(-c4cc(C(C)(C)C)cc(C(C)(C)C)c4)ccc2n3-c2ccccc2-c2ncnc(-c3ccccc3)n2)cc(C(C)(C)C)c1. The van der Waals surface area contributed by atoms with Crippen LogP contribution in [0.15, 0.2) is 134 Å². The largest absolute Gasteiger partial charge is 0.309 e. The van der Waals surface area contributed by atoms with Gasteiger partial charge in [-0.3, -0.25) is 0 Å². The Kier molecular flexibility index (Phi) is 9.78. The highest BCUT2D eigenvalue weighted by molar-refractivity contribution is 6.12. The van der Waals surface area contributed by atoms with Crippen molar-refractivity contribution in [2.24, 2.45) is 0 Å². The van der Waals surface area contributed by atoms with Crippen LogP contribution in [0, 0.1) is 0 Å². The predicted octanol–water partition coefficient (Wildman–Crippen LogP) is 14.8. The summed E-state index contributed by atoms with van der Waals surface area (Å²) >= 11 is 0. The third-order valence-corrected chi connectivity index (χ3v) is 11.8. The highest BCUT2D eigenvalue weighted by Gasteiger charge is 2.24. The maximum atomic E-state index is 5.03. The van der Waals surface area contributed by atoms with Crippen molar-refractivity contribution in [3.63, 3.8) is 0 Å². The minimum atomic E-state index is 0.0116. The zero-order chi connectivity index (χ0) is 42.1. The molecular formula is C55H58N4. The number of benzene rings is 6. The third-order valence-electron chi connectivity index (χ3n) is 11.8. The number of nitrogens with zero attached hydrogens (tertiary/aromatic N) is 4. The van der Waals surface area contributed by atoms with Gasteiger partial charge in [0, 0.05) is 21.9 Å². The summed E-state index contributed by atoms with van der Waals surface area (Å²) in [5.41, 5.74) is 15.5. The van der Waals surface area contributed by atoms with Crippen molar-refractivity contribution in [2.75, 3.05) is 0 Å². The first kappa shape index (κ1) is 39.9. The van der Waals surface area contributed by atoms with Crippen LogP contribution in [0.2, 0.25) is 0 Å². The van der Waals surface area contributed by atoms with Crippen molar-refractivity contribution >= 4 is 21.8 Å². The van der Waals surface area contributed by atoms with Crippen LogP contribution in [0.5, 0.6) is 0 Å². The molecule has 2 aromatic heterocycles. The molecule has 2 heterocycles. The molecule has 0 unspecified atom stereocenters. The van der Waals surface area contributed by atoms with Crippen LogP contribution in [0.3, 0.4) is 0 Å². The molecule has 0 aliphatic carbocycles. The van der Waals surface area contributed by atoms with Crippen molar-refractivity contribution < 1.29 is 0 Å². The van der Waals surface area contributed by atoms with Crippen molar-refractivity contribution in [1.82, 2.24) is 19.5 Å². The Balaban J connectivity index is 1.40. The Morgan fingerprint density at radius 1 is 0.373 bits per heavy atom. The van der Waals surface area contributed by atoms with Crippen molar-refractivity contribution in [1.29, 1.82) is 0 Å². The summed E-state index contributed by atoms with van der Waals surface area (Å²) in [6.45, 7) is 27.7. The van der Waals surface area contributed by atoms with E-state index in [0.717, 1.165) is 27.8 Å². The van der Waals surface area contributed by atoms with Gasteiger partial charge < -0.3 is 4.57 Å². The molecule has 0 saturated carbocycles. The first-order valence-electron chi connectivity index (χ1n) is 21.0. The first-order valence-corrected chi connectivity index (χ1v) is 21.0. The molecule has 4 heteroatoms. The van der Waals surface area contributed by atoms with E-state index in [2.05, 4.69) is 190 Å². The van der Waals surface area contributed by atoms with Crippen LogP contribution in [-0.4, -0.2) is 19.5 Å². The predicted molar refractivity (Wildman–Crippen MR) is 251 cm³/mol. The molecule has 0 radical (unpaired) electrons. The Bertz CT molecular complexity index is 2650. The van der Waals surface area contributed by atoms with E-state index >= 15 is 0 Å². The average Bonchev–Trinajstić information content (AvgIpc) is 3.52. The lowest BCUT2D eigenvalue weighted by Gasteiger charge is -2.26. The molecular weight excluding hydrogens is 717 g/mol. The first-order chi connectivity index (χ1) is 27.8. The average molecular weight is 775 g/mol. The van der Waals surface area contributed by atoms with Gasteiger partial charge in [0.05, 0.1) is 16.7 Å². The molecule has 0 atom stereocenters. The zero-order valence-electron chi connectivity index (χ0n) is 37.0. The minimum Gasteiger partial charge on any atom is -0.309 e. The van der Waals surface area contributed by atoms with E-state index in [9.17, 15) is 0 Å². The molecule has 298 valence electrons. The summed E-state index contributed by atoms with van der Waals surface area (Å²) in [6, 6.07) is 47.0. The van der Waals surface area contributed by atoms with Crippen LogP contribution < -0.4 is 0 Å². The fraction of sp³-hybridized carbons (Fsp3) is 0.291. The molecule has 0 aliphatic heterocycles. The van der Waals surface area contributed by atoms with E-state index < -0.39 is 0 Å². The molecule has 0 aliphatic rings. The van der Waals surface area contributed by atoms with Gasteiger partial charge in [-0.15, -0.1) is 0 Å². The van der Waals surface area contributed by atoms with Crippen LogP contribution in [0.1, 0.15) is 105 Å². The van der Waals surface area contributed by atoms with Crippen LogP contribution >= 0.6 is 0 Å². The number of hydrogen-bond donors (Lipinski definition) is 0. The molecule has 0 bridgehead atoms. The summed E-state index contributed by atoms with van der Waals surface area (Å²) < 4.78 is 2.40. The fourth-order valence-corrected chi connectivity index (χ4v) is 7.97.